The Morgan fingerprint density at radius 3 is 2.52 bits per heavy atom. The Bertz CT molecular complexity index is 1090. The number of carbonyl (C=O) groups is 1. The molecule has 0 spiro atoms. The molecule has 162 valence electrons. The van der Waals surface area contributed by atoms with E-state index in [4.69, 9.17) is 14.5 Å². The van der Waals surface area contributed by atoms with E-state index in [1.165, 1.54) is 13.2 Å². The second kappa shape index (κ2) is 10.3. The molecule has 0 amide bonds. The minimum atomic E-state index is -0.448. The molecular weight excluding hydrogens is 510 g/mol. The van der Waals surface area contributed by atoms with Crippen LogP contribution in [0, 0.1) is 16.3 Å². The molecule has 31 heavy (non-hydrogen) atoms. The van der Waals surface area contributed by atoms with Crippen molar-refractivity contribution in [2.45, 2.75) is 26.7 Å². The number of halogens is 2. The van der Waals surface area contributed by atoms with Gasteiger partial charge in [0.2, 0.25) is 0 Å². The number of carbonyl (C=O) groups excluding carboxylic acids is 1. The number of ether oxygens (including phenoxy) is 2. The molecule has 0 radical (unpaired) electrons. The molecule has 0 saturated carbocycles. The van der Waals surface area contributed by atoms with Crippen molar-refractivity contribution < 1.29 is 18.7 Å². The van der Waals surface area contributed by atoms with Gasteiger partial charge in [-0.25, -0.2) is 9.37 Å². The van der Waals surface area contributed by atoms with E-state index in [9.17, 15) is 9.18 Å². The molecule has 0 aliphatic heterocycles. The molecule has 0 fully saturated rings. The number of hydrogen-bond donors (Lipinski definition) is 0. The molecule has 0 N–H and O–H groups in total. The lowest BCUT2D eigenvalue weighted by molar-refractivity contribution is 0.101. The maximum absolute atomic E-state index is 14.6. The smallest absolute Gasteiger partial charge is 0.165 e. The second-order valence-corrected chi connectivity index (χ2v) is 8.38. The Balaban J connectivity index is 2.16. The number of rotatable bonds is 8. The largest absolute Gasteiger partial charge is 0.493 e. The van der Waals surface area contributed by atoms with Gasteiger partial charge >= 0.3 is 0 Å². The summed E-state index contributed by atoms with van der Waals surface area (Å²) in [5.74, 6) is -0.228. The van der Waals surface area contributed by atoms with Gasteiger partial charge in [0.05, 0.1) is 24.2 Å². The van der Waals surface area contributed by atoms with Crippen molar-refractivity contribution in [3.63, 3.8) is 0 Å². The van der Waals surface area contributed by atoms with Gasteiger partial charge in [0, 0.05) is 40.2 Å². The first-order chi connectivity index (χ1) is 14.8. The third-order valence-corrected chi connectivity index (χ3v) is 5.82. The second-order valence-electron chi connectivity index (χ2n) is 7.21. The first kappa shape index (κ1) is 23.3. The van der Waals surface area contributed by atoms with Crippen molar-refractivity contribution in [1.29, 1.82) is 0 Å². The van der Waals surface area contributed by atoms with Crippen molar-refractivity contribution in [3.05, 3.63) is 62.7 Å². The van der Waals surface area contributed by atoms with Gasteiger partial charge < -0.3 is 9.47 Å². The standard InChI is InChI=1S/C24H24FIN2O3/c1-14-10-17(11-20(25)24(14)31-4)22-23(28-18(13-27-22)6-5-9-30-3)16-7-8-19(15(2)29)21(26)12-16/h7-8,10-13H,5-6,9H2,1-4H3. The van der Waals surface area contributed by atoms with Crippen LogP contribution in [-0.2, 0) is 11.2 Å². The Hall–Kier alpha value is -2.39. The van der Waals surface area contributed by atoms with Gasteiger partial charge in [0.15, 0.2) is 17.3 Å². The molecule has 0 unspecified atom stereocenters. The van der Waals surface area contributed by atoms with Crippen LogP contribution in [0.25, 0.3) is 22.5 Å². The average molecular weight is 534 g/mol. The number of benzene rings is 2. The van der Waals surface area contributed by atoms with Crippen LogP contribution in [0.1, 0.15) is 35.0 Å². The Morgan fingerprint density at radius 1 is 1.13 bits per heavy atom. The van der Waals surface area contributed by atoms with Gasteiger partial charge in [0.25, 0.3) is 0 Å². The number of ketones is 1. The predicted molar refractivity (Wildman–Crippen MR) is 127 cm³/mol. The van der Waals surface area contributed by atoms with Crippen molar-refractivity contribution in [1.82, 2.24) is 9.97 Å². The van der Waals surface area contributed by atoms with Crippen LogP contribution in [0.5, 0.6) is 5.75 Å². The highest BCUT2D eigenvalue weighted by molar-refractivity contribution is 14.1. The maximum Gasteiger partial charge on any atom is 0.165 e. The lowest BCUT2D eigenvalue weighted by atomic mass is 10.00. The molecule has 5 nitrogen and oxygen atoms in total. The highest BCUT2D eigenvalue weighted by Gasteiger charge is 2.17. The van der Waals surface area contributed by atoms with Crippen molar-refractivity contribution in [2.75, 3.05) is 20.8 Å². The highest BCUT2D eigenvalue weighted by atomic mass is 127. The molecule has 0 atom stereocenters. The first-order valence-corrected chi connectivity index (χ1v) is 10.9. The van der Waals surface area contributed by atoms with Crippen LogP contribution in [0.4, 0.5) is 4.39 Å². The summed E-state index contributed by atoms with van der Waals surface area (Å²) in [5.41, 5.74) is 4.81. The lowest BCUT2D eigenvalue weighted by Crippen LogP contribution is -2.03. The van der Waals surface area contributed by atoms with Gasteiger partial charge in [-0.3, -0.25) is 9.78 Å². The number of nitrogens with zero attached hydrogens (tertiary/aromatic N) is 2. The van der Waals surface area contributed by atoms with E-state index in [0.717, 1.165) is 21.2 Å². The van der Waals surface area contributed by atoms with Crippen molar-refractivity contribution in [2.24, 2.45) is 0 Å². The third-order valence-electron chi connectivity index (χ3n) is 4.93. The minimum absolute atomic E-state index is 0.00317. The molecule has 0 aliphatic rings. The monoisotopic (exact) mass is 534 g/mol. The summed E-state index contributed by atoms with van der Waals surface area (Å²) >= 11 is 2.15. The topological polar surface area (TPSA) is 61.3 Å². The van der Waals surface area contributed by atoms with E-state index in [2.05, 4.69) is 27.6 Å². The quantitative estimate of drug-likeness (QED) is 0.212. The molecule has 1 aromatic heterocycles. The van der Waals surface area contributed by atoms with E-state index in [1.54, 1.807) is 33.2 Å². The van der Waals surface area contributed by atoms with E-state index < -0.39 is 5.82 Å². The van der Waals surface area contributed by atoms with Crippen molar-refractivity contribution in [3.8, 4) is 28.3 Å². The molecule has 1 heterocycles. The number of methoxy groups -OCH3 is 2. The zero-order chi connectivity index (χ0) is 22.5. The van der Waals surface area contributed by atoms with Crippen LogP contribution in [-0.4, -0.2) is 36.6 Å². The summed E-state index contributed by atoms with van der Waals surface area (Å²) in [7, 11) is 3.11. The number of Topliss-reactive ketones (excluding diaryl/α,β-unsaturated/α-hetero) is 1. The summed E-state index contributed by atoms with van der Waals surface area (Å²) in [6.45, 7) is 3.97. The van der Waals surface area contributed by atoms with E-state index >= 15 is 0 Å². The van der Waals surface area contributed by atoms with Gasteiger partial charge in [-0.1, -0.05) is 6.07 Å². The first-order valence-electron chi connectivity index (χ1n) is 9.86. The van der Waals surface area contributed by atoms with Crippen LogP contribution in [0.15, 0.2) is 36.5 Å². The van der Waals surface area contributed by atoms with E-state index in [0.29, 0.717) is 41.1 Å². The molecule has 3 aromatic rings. The molecular formula is C24H24FIN2O3. The highest BCUT2D eigenvalue weighted by Crippen LogP contribution is 2.34. The van der Waals surface area contributed by atoms with Crippen LogP contribution < -0.4 is 4.74 Å². The average Bonchev–Trinajstić information content (AvgIpc) is 2.73. The van der Waals surface area contributed by atoms with Crippen LogP contribution >= 0.6 is 22.6 Å². The van der Waals surface area contributed by atoms with E-state index in [1.807, 2.05) is 18.2 Å². The normalized spacial score (nSPS) is 10.9. The molecule has 0 aliphatic carbocycles. The maximum atomic E-state index is 14.6. The minimum Gasteiger partial charge on any atom is -0.493 e. The zero-order valence-electron chi connectivity index (χ0n) is 18.0. The molecule has 0 saturated heterocycles. The summed E-state index contributed by atoms with van der Waals surface area (Å²) in [5, 5.41) is 0. The van der Waals surface area contributed by atoms with Crippen LogP contribution in [0.2, 0.25) is 0 Å². The third kappa shape index (κ3) is 5.27. The van der Waals surface area contributed by atoms with Gasteiger partial charge in [-0.15, -0.1) is 0 Å². The molecule has 0 bridgehead atoms. The van der Waals surface area contributed by atoms with Gasteiger partial charge in [-0.05, 0) is 79.1 Å². The van der Waals surface area contributed by atoms with Crippen LogP contribution in [0.3, 0.4) is 0 Å². The fraction of sp³-hybridized carbons (Fsp3) is 0.292. The number of hydrogen-bond acceptors (Lipinski definition) is 5. The fourth-order valence-corrected chi connectivity index (χ4v) is 4.33. The summed E-state index contributed by atoms with van der Waals surface area (Å²) in [6.07, 6.45) is 3.26. The van der Waals surface area contributed by atoms with Gasteiger partial charge in [-0.2, -0.15) is 0 Å². The van der Waals surface area contributed by atoms with E-state index in [-0.39, 0.29) is 11.5 Å². The Kier molecular flexibility index (Phi) is 7.72. The lowest BCUT2D eigenvalue weighted by Gasteiger charge is -2.14. The molecule has 7 heteroatoms. The van der Waals surface area contributed by atoms with Gasteiger partial charge in [0.1, 0.15) is 0 Å². The van der Waals surface area contributed by atoms with Crippen molar-refractivity contribution >= 4 is 28.4 Å². The molecule has 3 rings (SSSR count). The summed E-state index contributed by atoms with van der Waals surface area (Å²) in [4.78, 5) is 21.3. The molecule has 2 aromatic carbocycles. The Morgan fingerprint density at radius 2 is 1.90 bits per heavy atom. The SMILES string of the molecule is COCCCc1cnc(-c2cc(C)c(OC)c(F)c2)c(-c2ccc(C(C)=O)c(I)c2)n1. The zero-order valence-corrected chi connectivity index (χ0v) is 20.1. The number of aromatic nitrogens is 2. The summed E-state index contributed by atoms with van der Waals surface area (Å²) < 4.78 is 25.7. The predicted octanol–water partition coefficient (Wildman–Crippen LogP) is 5.65. The fourth-order valence-electron chi connectivity index (χ4n) is 3.43. The Labute approximate surface area is 195 Å². The number of aryl methyl sites for hydroxylation is 2. The summed E-state index contributed by atoms with van der Waals surface area (Å²) in [6, 6.07) is 8.82.